The number of piperazine rings is 1. The number of rotatable bonds is 2. The Labute approximate surface area is 74.7 Å². The van der Waals surface area contributed by atoms with E-state index in [1.54, 1.807) is 0 Å². The Morgan fingerprint density at radius 1 is 1.00 bits per heavy atom. The minimum absolute atomic E-state index is 0.681. The summed E-state index contributed by atoms with van der Waals surface area (Å²) in [4.78, 5) is 5.14. The first-order valence-corrected chi connectivity index (χ1v) is 5.07. The molecule has 2 rings (SSSR count). The Balaban J connectivity index is 1.80. The maximum atomic E-state index is 3.38. The van der Waals surface area contributed by atoms with E-state index in [1.807, 2.05) is 0 Å². The van der Waals surface area contributed by atoms with Gasteiger partial charge in [-0.2, -0.15) is 0 Å². The summed E-state index contributed by atoms with van der Waals surface area (Å²) < 4.78 is 0. The highest BCUT2D eigenvalue weighted by atomic mass is 15.4. The molecule has 0 bridgehead atoms. The zero-order valence-electron chi connectivity index (χ0n) is 7.92. The van der Waals surface area contributed by atoms with Gasteiger partial charge in [-0.15, -0.1) is 0 Å². The Morgan fingerprint density at radius 2 is 1.58 bits per heavy atom. The molecule has 0 saturated carbocycles. The van der Waals surface area contributed by atoms with Crippen LogP contribution in [0.25, 0.3) is 0 Å². The maximum absolute atomic E-state index is 3.38. The van der Waals surface area contributed by atoms with Crippen LogP contribution in [-0.2, 0) is 0 Å². The van der Waals surface area contributed by atoms with Gasteiger partial charge < -0.3 is 5.32 Å². The highest BCUT2D eigenvalue weighted by Crippen LogP contribution is 2.14. The first-order chi connectivity index (χ1) is 5.88. The fourth-order valence-electron chi connectivity index (χ4n) is 2.00. The molecule has 1 unspecified atom stereocenters. The van der Waals surface area contributed by atoms with Crippen molar-refractivity contribution in [2.45, 2.75) is 19.5 Å². The standard InChI is InChI=1S/C9H19N3/c1-9(11-5-2-6-11)12-7-3-10-4-8-12/h9-10H,2-8H2,1H3. The summed E-state index contributed by atoms with van der Waals surface area (Å²) in [5.74, 6) is 0. The molecule has 0 spiro atoms. The molecule has 2 aliphatic rings. The number of hydrogen-bond acceptors (Lipinski definition) is 3. The van der Waals surface area contributed by atoms with Crippen LogP contribution in [0.4, 0.5) is 0 Å². The van der Waals surface area contributed by atoms with Crippen LogP contribution in [-0.4, -0.2) is 55.2 Å². The zero-order chi connectivity index (χ0) is 8.39. The summed E-state index contributed by atoms with van der Waals surface area (Å²) in [5, 5.41) is 3.38. The third kappa shape index (κ3) is 1.63. The highest BCUT2D eigenvalue weighted by Gasteiger charge is 2.25. The van der Waals surface area contributed by atoms with Crippen molar-refractivity contribution >= 4 is 0 Å². The van der Waals surface area contributed by atoms with Crippen LogP contribution in [0.1, 0.15) is 13.3 Å². The Hall–Kier alpha value is -0.120. The molecule has 0 aliphatic carbocycles. The van der Waals surface area contributed by atoms with E-state index >= 15 is 0 Å². The summed E-state index contributed by atoms with van der Waals surface area (Å²) in [6.45, 7) is 9.73. The molecule has 70 valence electrons. The van der Waals surface area contributed by atoms with Crippen molar-refractivity contribution in [3.05, 3.63) is 0 Å². The van der Waals surface area contributed by atoms with Gasteiger partial charge in [0.1, 0.15) is 0 Å². The lowest BCUT2D eigenvalue weighted by atomic mass is 10.2. The molecule has 0 aromatic carbocycles. The Bertz CT molecular complexity index is 139. The fraction of sp³-hybridized carbons (Fsp3) is 1.00. The Kier molecular flexibility index (Phi) is 2.63. The van der Waals surface area contributed by atoms with Gasteiger partial charge in [-0.3, -0.25) is 9.80 Å². The molecule has 0 aromatic rings. The van der Waals surface area contributed by atoms with Crippen LogP contribution >= 0.6 is 0 Å². The molecule has 2 heterocycles. The van der Waals surface area contributed by atoms with Crippen molar-refractivity contribution < 1.29 is 0 Å². The second kappa shape index (κ2) is 3.73. The molecule has 3 heteroatoms. The van der Waals surface area contributed by atoms with Gasteiger partial charge in [0.15, 0.2) is 0 Å². The lowest BCUT2D eigenvalue weighted by Crippen LogP contribution is -2.57. The fourth-order valence-corrected chi connectivity index (χ4v) is 2.00. The normalized spacial score (nSPS) is 29.8. The Morgan fingerprint density at radius 3 is 2.08 bits per heavy atom. The molecule has 0 radical (unpaired) electrons. The second-order valence-corrected chi connectivity index (χ2v) is 3.81. The van der Waals surface area contributed by atoms with E-state index in [0.717, 1.165) is 13.1 Å². The zero-order valence-corrected chi connectivity index (χ0v) is 7.92. The summed E-state index contributed by atoms with van der Waals surface area (Å²) in [6.07, 6.45) is 2.08. The molecule has 1 atom stereocenters. The minimum atomic E-state index is 0.681. The van der Waals surface area contributed by atoms with E-state index in [1.165, 1.54) is 32.6 Å². The van der Waals surface area contributed by atoms with Gasteiger partial charge in [-0.1, -0.05) is 0 Å². The highest BCUT2D eigenvalue weighted by molar-refractivity contribution is 4.78. The van der Waals surface area contributed by atoms with E-state index in [4.69, 9.17) is 0 Å². The third-order valence-corrected chi connectivity index (χ3v) is 3.10. The quantitative estimate of drug-likeness (QED) is 0.625. The van der Waals surface area contributed by atoms with E-state index < -0.39 is 0 Å². The van der Waals surface area contributed by atoms with Crippen molar-refractivity contribution in [1.82, 2.24) is 15.1 Å². The van der Waals surface area contributed by atoms with Crippen molar-refractivity contribution in [1.29, 1.82) is 0 Å². The lowest BCUT2D eigenvalue weighted by molar-refractivity contribution is 0.00725. The van der Waals surface area contributed by atoms with E-state index in [-0.39, 0.29) is 0 Å². The van der Waals surface area contributed by atoms with Gasteiger partial charge in [-0.25, -0.2) is 0 Å². The van der Waals surface area contributed by atoms with Crippen LogP contribution < -0.4 is 5.32 Å². The van der Waals surface area contributed by atoms with Crippen molar-refractivity contribution in [3.63, 3.8) is 0 Å². The first kappa shape index (κ1) is 8.48. The van der Waals surface area contributed by atoms with Gasteiger partial charge in [0.2, 0.25) is 0 Å². The molecule has 0 amide bonds. The predicted octanol–water partition coefficient (Wildman–Crippen LogP) is -0.0567. The number of likely N-dealkylation sites (tertiary alicyclic amines) is 1. The maximum Gasteiger partial charge on any atom is 0.0594 e. The molecular formula is C9H19N3. The van der Waals surface area contributed by atoms with Crippen LogP contribution in [0.2, 0.25) is 0 Å². The summed E-state index contributed by atoms with van der Waals surface area (Å²) in [7, 11) is 0. The second-order valence-electron chi connectivity index (χ2n) is 3.81. The summed E-state index contributed by atoms with van der Waals surface area (Å²) in [6, 6.07) is 0. The van der Waals surface area contributed by atoms with Crippen LogP contribution in [0.15, 0.2) is 0 Å². The molecule has 1 N–H and O–H groups in total. The first-order valence-electron chi connectivity index (χ1n) is 5.07. The average molecular weight is 169 g/mol. The van der Waals surface area contributed by atoms with E-state index in [9.17, 15) is 0 Å². The molecule has 2 aliphatic heterocycles. The molecule has 2 fully saturated rings. The average Bonchev–Trinajstić information content (AvgIpc) is 2.03. The smallest absolute Gasteiger partial charge is 0.0594 e. The van der Waals surface area contributed by atoms with Gasteiger partial charge in [0, 0.05) is 39.3 Å². The molecule has 12 heavy (non-hydrogen) atoms. The van der Waals surface area contributed by atoms with Gasteiger partial charge >= 0.3 is 0 Å². The van der Waals surface area contributed by atoms with Crippen LogP contribution in [0.3, 0.4) is 0 Å². The monoisotopic (exact) mass is 169 g/mol. The van der Waals surface area contributed by atoms with Gasteiger partial charge in [0.25, 0.3) is 0 Å². The SMILES string of the molecule is CC(N1CCC1)N1CCNCC1. The molecule has 0 aromatic heterocycles. The number of nitrogens with zero attached hydrogens (tertiary/aromatic N) is 2. The van der Waals surface area contributed by atoms with E-state index in [0.29, 0.717) is 6.17 Å². The van der Waals surface area contributed by atoms with Gasteiger partial charge in [0.05, 0.1) is 6.17 Å². The molecule has 3 nitrogen and oxygen atoms in total. The predicted molar refractivity (Wildman–Crippen MR) is 50.1 cm³/mol. The van der Waals surface area contributed by atoms with Crippen LogP contribution in [0.5, 0.6) is 0 Å². The molecular weight excluding hydrogens is 150 g/mol. The van der Waals surface area contributed by atoms with Crippen molar-refractivity contribution in [2.24, 2.45) is 0 Å². The summed E-state index contributed by atoms with van der Waals surface area (Å²) >= 11 is 0. The summed E-state index contributed by atoms with van der Waals surface area (Å²) in [5.41, 5.74) is 0. The van der Waals surface area contributed by atoms with Crippen LogP contribution in [0, 0.1) is 0 Å². The number of nitrogens with one attached hydrogen (secondary N) is 1. The minimum Gasteiger partial charge on any atom is -0.314 e. The topological polar surface area (TPSA) is 18.5 Å². The molecule has 2 saturated heterocycles. The largest absolute Gasteiger partial charge is 0.314 e. The van der Waals surface area contributed by atoms with E-state index in [2.05, 4.69) is 22.0 Å². The third-order valence-electron chi connectivity index (χ3n) is 3.10. The number of hydrogen-bond donors (Lipinski definition) is 1. The van der Waals surface area contributed by atoms with Crippen molar-refractivity contribution in [2.75, 3.05) is 39.3 Å². The lowest BCUT2D eigenvalue weighted by Gasteiger charge is -2.43. The van der Waals surface area contributed by atoms with Gasteiger partial charge in [-0.05, 0) is 13.3 Å². The van der Waals surface area contributed by atoms with Crippen molar-refractivity contribution in [3.8, 4) is 0 Å².